The van der Waals surface area contributed by atoms with Crippen molar-refractivity contribution in [1.82, 2.24) is 0 Å². The van der Waals surface area contributed by atoms with Crippen LogP contribution in [0.2, 0.25) is 0 Å². The Kier molecular flexibility index (Phi) is 2.72. The molecule has 0 spiro atoms. The van der Waals surface area contributed by atoms with E-state index < -0.39 is 6.04 Å². The molecule has 2 aliphatic heterocycles. The Hall–Kier alpha value is -1.59. The van der Waals surface area contributed by atoms with Crippen molar-refractivity contribution in [3.05, 3.63) is 23.8 Å². The van der Waals surface area contributed by atoms with Crippen molar-refractivity contribution in [2.24, 2.45) is 5.73 Å². The first-order valence-electron chi connectivity index (χ1n) is 6.28. The quantitative estimate of drug-likeness (QED) is 0.679. The van der Waals surface area contributed by atoms with E-state index in [0.717, 1.165) is 42.9 Å². The van der Waals surface area contributed by atoms with E-state index in [0.29, 0.717) is 0 Å². The summed E-state index contributed by atoms with van der Waals surface area (Å²) < 4.78 is 0. The minimum absolute atomic E-state index is 0.142. The van der Waals surface area contributed by atoms with E-state index in [9.17, 15) is 9.90 Å². The van der Waals surface area contributed by atoms with Gasteiger partial charge in [0.1, 0.15) is 6.04 Å². The molecule has 1 fully saturated rings. The number of nitrogens with zero attached hydrogens (tertiary/aromatic N) is 1. The Morgan fingerprint density at radius 3 is 2.78 bits per heavy atom. The first-order chi connectivity index (χ1) is 8.65. The monoisotopic (exact) mass is 247 g/mol. The number of rotatable bonds is 1. The van der Waals surface area contributed by atoms with Gasteiger partial charge < -0.3 is 21.1 Å². The van der Waals surface area contributed by atoms with E-state index in [1.54, 1.807) is 0 Å². The van der Waals surface area contributed by atoms with Crippen molar-refractivity contribution in [1.29, 1.82) is 0 Å². The van der Waals surface area contributed by atoms with Crippen LogP contribution in [0, 0.1) is 0 Å². The second-order valence-corrected chi connectivity index (χ2v) is 4.96. The first kappa shape index (κ1) is 11.5. The second kappa shape index (κ2) is 4.26. The lowest BCUT2D eigenvalue weighted by Gasteiger charge is -2.31. The summed E-state index contributed by atoms with van der Waals surface area (Å²) in [7, 11) is 0. The molecule has 4 N–H and O–H groups in total. The summed E-state index contributed by atoms with van der Waals surface area (Å²) in [6.45, 7) is 1.69. The fraction of sp³-hybridized carbons (Fsp3) is 0.462. The van der Waals surface area contributed by atoms with Crippen LogP contribution in [-0.2, 0) is 4.79 Å². The molecule has 0 radical (unpaired) electrons. The molecule has 2 aliphatic rings. The fourth-order valence-electron chi connectivity index (χ4n) is 2.60. The first-order valence-corrected chi connectivity index (χ1v) is 6.28. The summed E-state index contributed by atoms with van der Waals surface area (Å²) in [4.78, 5) is 13.7. The van der Waals surface area contributed by atoms with E-state index in [1.807, 2.05) is 18.2 Å². The Morgan fingerprint density at radius 2 is 2.06 bits per heavy atom. The van der Waals surface area contributed by atoms with Gasteiger partial charge in [0.2, 0.25) is 5.91 Å². The van der Waals surface area contributed by atoms with Gasteiger partial charge in [0.25, 0.3) is 0 Å². The number of carbonyl (C=O) groups excluding carboxylic acids is 1. The van der Waals surface area contributed by atoms with Gasteiger partial charge in [-0.1, -0.05) is 6.07 Å². The standard InChI is InChI=1S/C13H17N3O2/c14-12-10-2-1-8(7-11(10)15-13(12)18)16-5-3-9(17)4-6-16/h1-2,7,9,12,17H,3-6,14H2,(H,15,18). The zero-order valence-corrected chi connectivity index (χ0v) is 10.1. The van der Waals surface area contributed by atoms with Gasteiger partial charge in [-0.25, -0.2) is 0 Å². The maximum Gasteiger partial charge on any atom is 0.245 e. The van der Waals surface area contributed by atoms with Crippen molar-refractivity contribution in [3.63, 3.8) is 0 Å². The molecule has 1 saturated heterocycles. The largest absolute Gasteiger partial charge is 0.393 e. The molecule has 2 heterocycles. The smallest absolute Gasteiger partial charge is 0.245 e. The summed E-state index contributed by atoms with van der Waals surface area (Å²) in [6, 6.07) is 5.34. The van der Waals surface area contributed by atoms with E-state index in [2.05, 4.69) is 10.2 Å². The van der Waals surface area contributed by atoms with Crippen molar-refractivity contribution < 1.29 is 9.90 Å². The van der Waals surface area contributed by atoms with Gasteiger partial charge in [0.15, 0.2) is 0 Å². The fourth-order valence-corrected chi connectivity index (χ4v) is 2.60. The number of hydrogen-bond donors (Lipinski definition) is 3. The zero-order valence-electron chi connectivity index (χ0n) is 10.1. The number of piperidine rings is 1. The molecular formula is C13H17N3O2. The summed E-state index contributed by atoms with van der Waals surface area (Å²) in [5.74, 6) is -0.142. The third-order valence-corrected chi connectivity index (χ3v) is 3.74. The molecule has 1 unspecified atom stereocenters. The van der Waals surface area contributed by atoms with E-state index in [4.69, 9.17) is 5.73 Å². The highest BCUT2D eigenvalue weighted by Crippen LogP contribution is 2.33. The maximum atomic E-state index is 11.5. The Bertz CT molecular complexity index is 481. The molecule has 3 rings (SSSR count). The van der Waals surface area contributed by atoms with Gasteiger partial charge in [-0.05, 0) is 25.0 Å². The SMILES string of the molecule is NC1C(=O)Nc2cc(N3CCC(O)CC3)ccc21. The van der Waals surface area contributed by atoms with Crippen LogP contribution in [0.1, 0.15) is 24.4 Å². The lowest BCUT2D eigenvalue weighted by Crippen LogP contribution is -2.35. The van der Waals surface area contributed by atoms with Gasteiger partial charge in [0.05, 0.1) is 6.10 Å². The molecule has 18 heavy (non-hydrogen) atoms. The van der Waals surface area contributed by atoms with Crippen LogP contribution in [0.15, 0.2) is 18.2 Å². The van der Waals surface area contributed by atoms with Crippen LogP contribution in [0.4, 0.5) is 11.4 Å². The number of carbonyl (C=O) groups is 1. The molecule has 1 atom stereocenters. The van der Waals surface area contributed by atoms with Gasteiger partial charge in [0, 0.05) is 30.0 Å². The Morgan fingerprint density at radius 1 is 1.33 bits per heavy atom. The van der Waals surface area contributed by atoms with Crippen LogP contribution in [-0.4, -0.2) is 30.2 Å². The molecular weight excluding hydrogens is 230 g/mol. The van der Waals surface area contributed by atoms with Gasteiger partial charge in [-0.3, -0.25) is 4.79 Å². The van der Waals surface area contributed by atoms with Crippen LogP contribution >= 0.6 is 0 Å². The normalized spacial score (nSPS) is 24.0. The van der Waals surface area contributed by atoms with Crippen molar-refractivity contribution in [2.75, 3.05) is 23.3 Å². The maximum absolute atomic E-state index is 11.5. The molecule has 1 aromatic carbocycles. The highest BCUT2D eigenvalue weighted by molar-refractivity contribution is 6.02. The Labute approximate surface area is 106 Å². The van der Waals surface area contributed by atoms with Crippen molar-refractivity contribution >= 4 is 17.3 Å². The predicted molar refractivity (Wildman–Crippen MR) is 69.5 cm³/mol. The summed E-state index contributed by atoms with van der Waals surface area (Å²) in [6.07, 6.45) is 1.41. The highest BCUT2D eigenvalue weighted by Gasteiger charge is 2.28. The van der Waals surface area contributed by atoms with E-state index in [-0.39, 0.29) is 12.0 Å². The molecule has 5 heteroatoms. The van der Waals surface area contributed by atoms with Crippen LogP contribution in [0.5, 0.6) is 0 Å². The van der Waals surface area contributed by atoms with Gasteiger partial charge in [-0.15, -0.1) is 0 Å². The number of aliphatic hydroxyl groups excluding tert-OH is 1. The lowest BCUT2D eigenvalue weighted by atomic mass is 10.0. The zero-order chi connectivity index (χ0) is 12.7. The molecule has 0 saturated carbocycles. The molecule has 0 aromatic heterocycles. The molecule has 0 aliphatic carbocycles. The second-order valence-electron chi connectivity index (χ2n) is 4.96. The molecule has 1 amide bonds. The Balaban J connectivity index is 1.83. The number of nitrogens with one attached hydrogen (secondary N) is 1. The summed E-state index contributed by atoms with van der Waals surface area (Å²) in [5, 5.41) is 12.3. The van der Waals surface area contributed by atoms with Gasteiger partial charge in [-0.2, -0.15) is 0 Å². The van der Waals surface area contributed by atoms with Crippen molar-refractivity contribution in [3.8, 4) is 0 Å². The van der Waals surface area contributed by atoms with Crippen LogP contribution in [0.3, 0.4) is 0 Å². The third kappa shape index (κ3) is 1.85. The predicted octanol–water partition coefficient (Wildman–Crippen LogP) is 0.600. The molecule has 96 valence electrons. The average molecular weight is 247 g/mol. The molecule has 1 aromatic rings. The van der Waals surface area contributed by atoms with Crippen LogP contribution < -0.4 is 16.0 Å². The van der Waals surface area contributed by atoms with E-state index >= 15 is 0 Å². The minimum Gasteiger partial charge on any atom is -0.393 e. The van der Waals surface area contributed by atoms with Gasteiger partial charge >= 0.3 is 0 Å². The average Bonchev–Trinajstić information content (AvgIpc) is 2.65. The number of aliphatic hydroxyl groups is 1. The van der Waals surface area contributed by atoms with E-state index in [1.165, 1.54) is 0 Å². The molecule has 5 nitrogen and oxygen atoms in total. The molecule has 0 bridgehead atoms. The topological polar surface area (TPSA) is 78.6 Å². The third-order valence-electron chi connectivity index (χ3n) is 3.74. The number of benzene rings is 1. The van der Waals surface area contributed by atoms with Crippen molar-refractivity contribution in [2.45, 2.75) is 25.0 Å². The summed E-state index contributed by atoms with van der Waals surface area (Å²) >= 11 is 0. The number of fused-ring (bicyclic) bond motifs is 1. The number of amides is 1. The number of anilines is 2. The van der Waals surface area contributed by atoms with Crippen LogP contribution in [0.25, 0.3) is 0 Å². The minimum atomic E-state index is -0.544. The number of nitrogens with two attached hydrogens (primary N) is 1. The number of hydrogen-bond acceptors (Lipinski definition) is 4. The lowest BCUT2D eigenvalue weighted by molar-refractivity contribution is -0.116. The summed E-state index contributed by atoms with van der Waals surface area (Å²) in [5.41, 5.74) is 8.53. The highest BCUT2D eigenvalue weighted by atomic mass is 16.3.